The monoisotopic (exact) mass is 363 g/mol. The Hall–Kier alpha value is -3.55. The van der Waals surface area contributed by atoms with Crippen molar-refractivity contribution in [1.82, 2.24) is 24.1 Å². The first-order chi connectivity index (χ1) is 12.8. The second-order valence-corrected chi connectivity index (χ2v) is 6.54. The average molecular weight is 363 g/mol. The molecule has 0 saturated heterocycles. The normalized spacial score (nSPS) is 11.4. The van der Waals surface area contributed by atoms with Gasteiger partial charge in [0.2, 0.25) is 0 Å². The van der Waals surface area contributed by atoms with Crippen LogP contribution in [0.15, 0.2) is 30.7 Å². The molecule has 0 aliphatic carbocycles. The molecule has 27 heavy (non-hydrogen) atoms. The summed E-state index contributed by atoms with van der Waals surface area (Å²) in [6, 6.07) is 3.68. The maximum Gasteiger partial charge on any atom is 0.323 e. The van der Waals surface area contributed by atoms with Crippen molar-refractivity contribution in [2.45, 2.75) is 27.3 Å². The molecule has 0 atom stereocenters. The third kappa shape index (κ3) is 2.84. The van der Waals surface area contributed by atoms with Gasteiger partial charge in [-0.2, -0.15) is 5.10 Å². The van der Waals surface area contributed by atoms with Gasteiger partial charge in [-0.05, 0) is 26.8 Å². The number of aromatic nitrogens is 5. The molecule has 4 heterocycles. The van der Waals surface area contributed by atoms with Crippen LogP contribution < -0.4 is 0 Å². The smallest absolute Gasteiger partial charge is 0.323 e. The Bertz CT molecular complexity index is 1240. The highest BCUT2D eigenvalue weighted by Gasteiger charge is 2.18. The number of Topliss-reactive ketones (excluding diaryl/α,β-unsaturated/α-hetero) is 1. The van der Waals surface area contributed by atoms with Crippen molar-refractivity contribution in [3.8, 4) is 11.3 Å². The van der Waals surface area contributed by atoms with Crippen molar-refractivity contribution < 1.29 is 14.7 Å². The van der Waals surface area contributed by atoms with E-state index in [0.29, 0.717) is 27.9 Å². The number of aliphatic carboxylic acids is 1. The SMILES string of the molecule is CC(=O)c1cn(CC(=O)O)c2c(C)nc(-c3cnc4cc(C)nn4c3)cc12. The van der Waals surface area contributed by atoms with Crippen molar-refractivity contribution in [1.29, 1.82) is 0 Å². The van der Waals surface area contributed by atoms with Crippen LogP contribution in [-0.4, -0.2) is 41.0 Å². The molecule has 0 aromatic carbocycles. The van der Waals surface area contributed by atoms with Crippen LogP contribution in [0.3, 0.4) is 0 Å². The van der Waals surface area contributed by atoms with Gasteiger partial charge in [0.15, 0.2) is 11.4 Å². The molecule has 4 rings (SSSR count). The van der Waals surface area contributed by atoms with E-state index in [-0.39, 0.29) is 12.3 Å². The summed E-state index contributed by atoms with van der Waals surface area (Å²) in [5, 5.41) is 14.2. The van der Waals surface area contributed by atoms with Crippen molar-refractivity contribution in [3.05, 3.63) is 47.7 Å². The second-order valence-electron chi connectivity index (χ2n) is 6.54. The fourth-order valence-corrected chi connectivity index (χ4v) is 3.35. The lowest BCUT2D eigenvalue weighted by Gasteiger charge is -2.07. The van der Waals surface area contributed by atoms with Gasteiger partial charge in [-0.15, -0.1) is 0 Å². The van der Waals surface area contributed by atoms with Gasteiger partial charge in [0.1, 0.15) is 6.54 Å². The quantitative estimate of drug-likeness (QED) is 0.559. The molecule has 136 valence electrons. The van der Waals surface area contributed by atoms with Crippen molar-refractivity contribution in [2.24, 2.45) is 0 Å². The van der Waals surface area contributed by atoms with Crippen LogP contribution in [0, 0.1) is 13.8 Å². The average Bonchev–Trinajstić information content (AvgIpc) is 3.13. The van der Waals surface area contributed by atoms with E-state index < -0.39 is 5.97 Å². The third-order valence-electron chi connectivity index (χ3n) is 4.45. The summed E-state index contributed by atoms with van der Waals surface area (Å²) in [4.78, 5) is 32.3. The van der Waals surface area contributed by atoms with Gasteiger partial charge in [0.05, 0.1) is 22.6 Å². The molecule has 4 aromatic heterocycles. The molecular formula is C19H17N5O3. The maximum atomic E-state index is 12.1. The molecule has 4 aromatic rings. The summed E-state index contributed by atoms with van der Waals surface area (Å²) < 4.78 is 3.24. The Kier molecular flexibility index (Phi) is 3.76. The first kappa shape index (κ1) is 16.9. The predicted octanol–water partition coefficient (Wildman–Crippen LogP) is 2.65. The zero-order valence-corrected chi connectivity index (χ0v) is 15.1. The number of pyridine rings is 1. The highest BCUT2D eigenvalue weighted by molar-refractivity contribution is 6.08. The molecule has 0 aliphatic rings. The number of carbonyl (C=O) groups excluding carboxylic acids is 1. The minimum absolute atomic E-state index is 0.128. The van der Waals surface area contributed by atoms with E-state index in [9.17, 15) is 9.59 Å². The van der Waals surface area contributed by atoms with Crippen LogP contribution in [-0.2, 0) is 11.3 Å². The number of nitrogens with zero attached hydrogens (tertiary/aromatic N) is 5. The number of ketones is 1. The number of fused-ring (bicyclic) bond motifs is 2. The molecule has 1 N–H and O–H groups in total. The summed E-state index contributed by atoms with van der Waals surface area (Å²) in [7, 11) is 0. The highest BCUT2D eigenvalue weighted by atomic mass is 16.4. The fraction of sp³-hybridized carbons (Fsp3) is 0.211. The van der Waals surface area contributed by atoms with E-state index >= 15 is 0 Å². The molecule has 0 radical (unpaired) electrons. The van der Waals surface area contributed by atoms with Crippen LogP contribution in [0.25, 0.3) is 27.8 Å². The second kappa shape index (κ2) is 6.01. The van der Waals surface area contributed by atoms with Gasteiger partial charge >= 0.3 is 5.97 Å². The van der Waals surface area contributed by atoms with E-state index in [2.05, 4.69) is 15.1 Å². The van der Waals surface area contributed by atoms with Gasteiger partial charge < -0.3 is 9.67 Å². The topological polar surface area (TPSA) is 102 Å². The maximum absolute atomic E-state index is 12.1. The minimum atomic E-state index is -0.978. The molecule has 0 unspecified atom stereocenters. The number of carboxylic acids is 1. The zero-order chi connectivity index (χ0) is 19.3. The van der Waals surface area contributed by atoms with Crippen LogP contribution in [0.2, 0.25) is 0 Å². The number of aryl methyl sites for hydroxylation is 2. The minimum Gasteiger partial charge on any atom is -0.480 e. The lowest BCUT2D eigenvalue weighted by atomic mass is 10.1. The Morgan fingerprint density at radius 2 is 1.96 bits per heavy atom. The molecule has 0 saturated carbocycles. The Labute approximate surface area is 154 Å². The zero-order valence-electron chi connectivity index (χ0n) is 15.1. The van der Waals surface area contributed by atoms with Crippen molar-refractivity contribution >= 4 is 28.3 Å². The van der Waals surface area contributed by atoms with Gasteiger partial charge in [0, 0.05) is 41.2 Å². The lowest BCUT2D eigenvalue weighted by Crippen LogP contribution is -2.08. The fourth-order valence-electron chi connectivity index (χ4n) is 3.35. The standard InChI is InChI=1S/C19H17N5O3/c1-10-4-17-20-6-13(7-24(17)22-10)16-5-14-15(12(3)25)8-23(9-18(26)27)19(14)11(2)21-16/h4-8H,9H2,1-3H3,(H,26,27). The van der Waals surface area contributed by atoms with Gasteiger partial charge in [-0.1, -0.05) is 0 Å². The lowest BCUT2D eigenvalue weighted by molar-refractivity contribution is -0.137. The third-order valence-corrected chi connectivity index (χ3v) is 4.45. The van der Waals surface area contributed by atoms with E-state index in [1.807, 2.05) is 19.2 Å². The van der Waals surface area contributed by atoms with Crippen LogP contribution >= 0.6 is 0 Å². The molecule has 0 spiro atoms. The number of carboxylic acid groups (broad SMARTS) is 1. The van der Waals surface area contributed by atoms with E-state index in [1.54, 1.807) is 34.5 Å². The van der Waals surface area contributed by atoms with E-state index in [1.165, 1.54) is 6.92 Å². The molecule has 0 aliphatic heterocycles. The summed E-state index contributed by atoms with van der Waals surface area (Å²) in [5.74, 6) is -1.11. The summed E-state index contributed by atoms with van der Waals surface area (Å²) in [6.07, 6.45) is 5.13. The first-order valence-corrected chi connectivity index (χ1v) is 8.39. The van der Waals surface area contributed by atoms with Crippen LogP contribution in [0.4, 0.5) is 0 Å². The van der Waals surface area contributed by atoms with Gasteiger partial charge in [-0.25, -0.2) is 9.50 Å². The van der Waals surface area contributed by atoms with Crippen LogP contribution in [0.5, 0.6) is 0 Å². The predicted molar refractivity (Wildman–Crippen MR) is 98.8 cm³/mol. The first-order valence-electron chi connectivity index (χ1n) is 8.39. The van der Waals surface area contributed by atoms with Crippen molar-refractivity contribution in [2.75, 3.05) is 0 Å². The summed E-state index contributed by atoms with van der Waals surface area (Å²) in [6.45, 7) is 4.94. The summed E-state index contributed by atoms with van der Waals surface area (Å²) in [5.41, 5.74) is 4.79. The highest BCUT2D eigenvalue weighted by Crippen LogP contribution is 2.29. The Balaban J connectivity index is 1.95. The van der Waals surface area contributed by atoms with E-state index in [0.717, 1.165) is 16.9 Å². The van der Waals surface area contributed by atoms with Crippen LogP contribution in [0.1, 0.15) is 28.7 Å². The van der Waals surface area contributed by atoms with E-state index in [4.69, 9.17) is 5.11 Å². The van der Waals surface area contributed by atoms with Gasteiger partial charge in [-0.3, -0.25) is 14.6 Å². The Morgan fingerprint density at radius 3 is 2.67 bits per heavy atom. The molecule has 0 fully saturated rings. The number of carbonyl (C=O) groups is 2. The summed E-state index contributed by atoms with van der Waals surface area (Å²) >= 11 is 0. The van der Waals surface area contributed by atoms with Gasteiger partial charge in [0.25, 0.3) is 0 Å². The molecule has 8 nitrogen and oxygen atoms in total. The Morgan fingerprint density at radius 1 is 1.19 bits per heavy atom. The molecule has 8 heteroatoms. The number of hydrogen-bond donors (Lipinski definition) is 1. The largest absolute Gasteiger partial charge is 0.480 e. The number of hydrogen-bond acceptors (Lipinski definition) is 5. The van der Waals surface area contributed by atoms with Crippen molar-refractivity contribution in [3.63, 3.8) is 0 Å². The number of rotatable bonds is 4. The molecular weight excluding hydrogens is 346 g/mol. The molecule has 0 bridgehead atoms. The molecule has 0 amide bonds.